The molecule has 3 atom stereocenters. The normalized spacial score (nSPS) is 32.2. The Hall–Kier alpha value is -1.34. The standard InChI is InChI=1S/C12H20N2O5/c1-8-6-19-9(2)5-14(8)12(17)13-3-4-18-7-10(13)11(15)16/h8-10H,3-7H2,1-2H3,(H,15,16). The fourth-order valence-corrected chi connectivity index (χ4v) is 2.37. The maximum absolute atomic E-state index is 12.5. The van der Waals surface area contributed by atoms with Crippen molar-refractivity contribution in [3.8, 4) is 0 Å². The number of amides is 2. The van der Waals surface area contributed by atoms with E-state index in [0.29, 0.717) is 26.3 Å². The molecule has 2 aliphatic rings. The third-order valence-corrected chi connectivity index (χ3v) is 3.51. The number of nitrogens with zero attached hydrogens (tertiary/aromatic N) is 2. The second-order valence-corrected chi connectivity index (χ2v) is 5.05. The zero-order valence-electron chi connectivity index (χ0n) is 11.2. The maximum Gasteiger partial charge on any atom is 0.328 e. The van der Waals surface area contributed by atoms with Crippen molar-refractivity contribution in [1.82, 2.24) is 9.80 Å². The zero-order valence-corrected chi connectivity index (χ0v) is 11.2. The molecule has 19 heavy (non-hydrogen) atoms. The largest absolute Gasteiger partial charge is 0.480 e. The average Bonchev–Trinajstić information content (AvgIpc) is 2.40. The third-order valence-electron chi connectivity index (χ3n) is 3.51. The third kappa shape index (κ3) is 2.98. The molecule has 2 fully saturated rings. The van der Waals surface area contributed by atoms with E-state index < -0.39 is 12.0 Å². The van der Waals surface area contributed by atoms with Gasteiger partial charge in [0.1, 0.15) is 0 Å². The summed E-state index contributed by atoms with van der Waals surface area (Å²) in [5.74, 6) is -1.03. The molecule has 0 radical (unpaired) electrons. The van der Waals surface area contributed by atoms with E-state index in [1.807, 2.05) is 13.8 Å². The fraction of sp³-hybridized carbons (Fsp3) is 0.833. The average molecular weight is 272 g/mol. The number of ether oxygens (including phenoxy) is 2. The number of morpholine rings is 2. The highest BCUT2D eigenvalue weighted by atomic mass is 16.5. The molecule has 2 rings (SSSR count). The van der Waals surface area contributed by atoms with Crippen LogP contribution in [0, 0.1) is 0 Å². The number of rotatable bonds is 1. The molecule has 2 heterocycles. The van der Waals surface area contributed by atoms with Crippen LogP contribution in [0.15, 0.2) is 0 Å². The van der Waals surface area contributed by atoms with Gasteiger partial charge in [-0.2, -0.15) is 0 Å². The van der Waals surface area contributed by atoms with E-state index in [9.17, 15) is 9.59 Å². The second-order valence-electron chi connectivity index (χ2n) is 5.05. The van der Waals surface area contributed by atoms with Gasteiger partial charge in [-0.15, -0.1) is 0 Å². The van der Waals surface area contributed by atoms with Gasteiger partial charge >= 0.3 is 12.0 Å². The predicted molar refractivity (Wildman–Crippen MR) is 65.9 cm³/mol. The van der Waals surface area contributed by atoms with Crippen molar-refractivity contribution in [3.63, 3.8) is 0 Å². The lowest BCUT2D eigenvalue weighted by Crippen LogP contribution is -2.60. The lowest BCUT2D eigenvalue weighted by molar-refractivity contribution is -0.148. The van der Waals surface area contributed by atoms with Crippen molar-refractivity contribution >= 4 is 12.0 Å². The number of aliphatic carboxylic acids is 1. The fourth-order valence-electron chi connectivity index (χ4n) is 2.37. The first kappa shape index (κ1) is 14.1. The van der Waals surface area contributed by atoms with Crippen LogP contribution in [0.5, 0.6) is 0 Å². The summed E-state index contributed by atoms with van der Waals surface area (Å²) >= 11 is 0. The van der Waals surface area contributed by atoms with Gasteiger partial charge in [-0.1, -0.05) is 0 Å². The molecule has 0 saturated carbocycles. The smallest absolute Gasteiger partial charge is 0.328 e. The van der Waals surface area contributed by atoms with Gasteiger partial charge in [-0.3, -0.25) is 0 Å². The Kier molecular flexibility index (Phi) is 4.26. The summed E-state index contributed by atoms with van der Waals surface area (Å²) in [6.45, 7) is 5.52. The van der Waals surface area contributed by atoms with Crippen molar-refractivity contribution < 1.29 is 24.2 Å². The molecule has 2 aliphatic heterocycles. The molecule has 0 aromatic rings. The van der Waals surface area contributed by atoms with E-state index in [4.69, 9.17) is 14.6 Å². The summed E-state index contributed by atoms with van der Waals surface area (Å²) < 4.78 is 10.6. The number of hydrogen-bond acceptors (Lipinski definition) is 4. The highest BCUT2D eigenvalue weighted by Gasteiger charge is 2.38. The van der Waals surface area contributed by atoms with E-state index in [2.05, 4.69) is 0 Å². The molecule has 2 amide bonds. The highest BCUT2D eigenvalue weighted by Crippen LogP contribution is 2.17. The number of carbonyl (C=O) groups is 2. The summed E-state index contributed by atoms with van der Waals surface area (Å²) in [5, 5.41) is 9.16. The molecular formula is C12H20N2O5. The van der Waals surface area contributed by atoms with E-state index in [0.717, 1.165) is 0 Å². The molecule has 0 bridgehead atoms. The van der Waals surface area contributed by atoms with E-state index in [1.54, 1.807) is 4.90 Å². The predicted octanol–water partition coefficient (Wildman–Crippen LogP) is 0.00100. The van der Waals surface area contributed by atoms with Gasteiger partial charge in [-0.25, -0.2) is 9.59 Å². The van der Waals surface area contributed by atoms with Gasteiger partial charge in [0.25, 0.3) is 0 Å². The molecule has 0 aliphatic carbocycles. The summed E-state index contributed by atoms with van der Waals surface area (Å²) in [5.41, 5.74) is 0. The lowest BCUT2D eigenvalue weighted by atomic mass is 10.2. The molecule has 1 N–H and O–H groups in total. The maximum atomic E-state index is 12.5. The van der Waals surface area contributed by atoms with Crippen LogP contribution in [-0.4, -0.2) is 78.0 Å². The molecule has 0 aromatic heterocycles. The Morgan fingerprint density at radius 3 is 2.63 bits per heavy atom. The topological polar surface area (TPSA) is 79.3 Å². The molecule has 2 saturated heterocycles. The van der Waals surface area contributed by atoms with Gasteiger partial charge in [0, 0.05) is 13.1 Å². The second kappa shape index (κ2) is 5.75. The first-order valence-corrected chi connectivity index (χ1v) is 6.50. The lowest BCUT2D eigenvalue weighted by Gasteiger charge is -2.42. The van der Waals surface area contributed by atoms with Crippen molar-refractivity contribution in [2.75, 3.05) is 32.9 Å². The van der Waals surface area contributed by atoms with E-state index in [-0.39, 0.29) is 24.8 Å². The summed E-state index contributed by atoms with van der Waals surface area (Å²) in [6, 6.07) is -1.18. The number of urea groups is 1. The molecule has 7 nitrogen and oxygen atoms in total. The molecule has 3 unspecified atom stereocenters. The molecule has 7 heteroatoms. The number of carboxylic acid groups (broad SMARTS) is 1. The monoisotopic (exact) mass is 272 g/mol. The van der Waals surface area contributed by atoms with Crippen LogP contribution in [0.1, 0.15) is 13.8 Å². The van der Waals surface area contributed by atoms with E-state index in [1.165, 1.54) is 4.90 Å². The van der Waals surface area contributed by atoms with Crippen LogP contribution in [0.2, 0.25) is 0 Å². The first-order valence-electron chi connectivity index (χ1n) is 6.50. The van der Waals surface area contributed by atoms with Crippen LogP contribution in [0.3, 0.4) is 0 Å². The van der Waals surface area contributed by atoms with Gasteiger partial charge < -0.3 is 24.4 Å². The molecule has 108 valence electrons. The van der Waals surface area contributed by atoms with Crippen molar-refractivity contribution in [3.05, 3.63) is 0 Å². The number of carbonyl (C=O) groups excluding carboxylic acids is 1. The SMILES string of the molecule is CC1CN(C(=O)N2CCOCC2C(=O)O)C(C)CO1. The van der Waals surface area contributed by atoms with Crippen molar-refractivity contribution in [1.29, 1.82) is 0 Å². The number of carboxylic acids is 1. The highest BCUT2D eigenvalue weighted by molar-refractivity contribution is 5.83. The van der Waals surface area contributed by atoms with E-state index >= 15 is 0 Å². The summed E-state index contributed by atoms with van der Waals surface area (Å²) in [6.07, 6.45) is -0.0236. The Balaban J connectivity index is 2.10. The Morgan fingerprint density at radius 2 is 1.95 bits per heavy atom. The summed E-state index contributed by atoms with van der Waals surface area (Å²) in [7, 11) is 0. The minimum Gasteiger partial charge on any atom is -0.480 e. The minimum absolute atomic E-state index is 0.0236. The van der Waals surface area contributed by atoms with Gasteiger partial charge in [0.15, 0.2) is 6.04 Å². The van der Waals surface area contributed by atoms with Crippen LogP contribution in [0.4, 0.5) is 4.79 Å². The summed E-state index contributed by atoms with van der Waals surface area (Å²) in [4.78, 5) is 26.8. The Bertz CT molecular complexity index is 362. The Labute approximate surface area is 112 Å². The van der Waals surface area contributed by atoms with Crippen molar-refractivity contribution in [2.24, 2.45) is 0 Å². The Morgan fingerprint density at radius 1 is 1.21 bits per heavy atom. The zero-order chi connectivity index (χ0) is 14.0. The van der Waals surface area contributed by atoms with Gasteiger partial charge in [0.05, 0.1) is 32.0 Å². The van der Waals surface area contributed by atoms with Gasteiger partial charge in [0.2, 0.25) is 0 Å². The molecule has 0 aromatic carbocycles. The van der Waals surface area contributed by atoms with Crippen LogP contribution < -0.4 is 0 Å². The first-order chi connectivity index (χ1) is 9.00. The quantitative estimate of drug-likeness (QED) is 0.727. The van der Waals surface area contributed by atoms with Crippen LogP contribution in [-0.2, 0) is 14.3 Å². The van der Waals surface area contributed by atoms with Gasteiger partial charge in [-0.05, 0) is 13.8 Å². The van der Waals surface area contributed by atoms with Crippen LogP contribution >= 0.6 is 0 Å². The minimum atomic E-state index is -1.03. The van der Waals surface area contributed by atoms with Crippen LogP contribution in [0.25, 0.3) is 0 Å². The molecular weight excluding hydrogens is 252 g/mol. The molecule has 0 spiro atoms. The number of hydrogen-bond donors (Lipinski definition) is 1. The van der Waals surface area contributed by atoms with Crippen molar-refractivity contribution in [2.45, 2.75) is 32.0 Å².